The Hall–Kier alpha value is -3.32. The van der Waals surface area contributed by atoms with E-state index in [1.165, 1.54) is 0 Å². The molecule has 0 spiro atoms. The van der Waals surface area contributed by atoms with Gasteiger partial charge in [0.05, 0.1) is 13.7 Å². The number of hydrogen-bond acceptors (Lipinski definition) is 4. The van der Waals surface area contributed by atoms with E-state index in [0.717, 1.165) is 10.9 Å². The fraction of sp³-hybridized carbons (Fsp3) is 0.238. The predicted molar refractivity (Wildman–Crippen MR) is 109 cm³/mol. The lowest BCUT2D eigenvalue weighted by molar-refractivity contribution is 0.0945. The summed E-state index contributed by atoms with van der Waals surface area (Å²) in [6.45, 7) is 2.39. The minimum Gasteiger partial charge on any atom is -0.496 e. The third kappa shape index (κ3) is 3.70. The fourth-order valence-corrected chi connectivity index (χ4v) is 3.10. The topological polar surface area (TPSA) is 96.3 Å². The van der Waals surface area contributed by atoms with Gasteiger partial charge in [0.25, 0.3) is 11.5 Å². The van der Waals surface area contributed by atoms with E-state index in [1.54, 1.807) is 42.3 Å². The van der Waals surface area contributed by atoms with E-state index in [-0.39, 0.29) is 24.6 Å². The maximum absolute atomic E-state index is 12.7. The second kappa shape index (κ2) is 8.58. The Morgan fingerprint density at radius 2 is 2.14 bits per heavy atom. The minimum absolute atomic E-state index is 0.113. The molecular formula is C21H23N3O4. The highest BCUT2D eigenvalue weighted by Gasteiger charge is 2.17. The summed E-state index contributed by atoms with van der Waals surface area (Å²) in [5.41, 5.74) is 2.32. The normalized spacial score (nSPS) is 11.2. The zero-order chi connectivity index (χ0) is 20.1. The number of aliphatic hydroxyl groups excluding tert-OH is 1. The van der Waals surface area contributed by atoms with Crippen LogP contribution in [0, 0.1) is 0 Å². The molecule has 0 saturated heterocycles. The molecule has 0 aliphatic heterocycles. The van der Waals surface area contributed by atoms with Crippen LogP contribution in [0.1, 0.15) is 17.3 Å². The van der Waals surface area contributed by atoms with Crippen LogP contribution in [-0.2, 0) is 6.54 Å². The first-order chi connectivity index (χ1) is 13.6. The van der Waals surface area contributed by atoms with Crippen molar-refractivity contribution in [3.8, 4) is 16.9 Å². The molecule has 3 rings (SSSR count). The van der Waals surface area contributed by atoms with Gasteiger partial charge in [-0.1, -0.05) is 12.2 Å². The number of nitrogens with one attached hydrogen (secondary N) is 2. The van der Waals surface area contributed by atoms with E-state index in [0.29, 0.717) is 28.9 Å². The van der Waals surface area contributed by atoms with Gasteiger partial charge in [0.15, 0.2) is 0 Å². The summed E-state index contributed by atoms with van der Waals surface area (Å²) in [6, 6.07) is 6.96. The van der Waals surface area contributed by atoms with E-state index in [2.05, 4.69) is 10.3 Å². The minimum atomic E-state index is -0.287. The van der Waals surface area contributed by atoms with Gasteiger partial charge in [0.1, 0.15) is 11.3 Å². The molecule has 2 heterocycles. The number of methoxy groups -OCH3 is 1. The van der Waals surface area contributed by atoms with Gasteiger partial charge in [0.2, 0.25) is 0 Å². The Morgan fingerprint density at radius 3 is 2.86 bits per heavy atom. The molecular weight excluding hydrogens is 358 g/mol. The van der Waals surface area contributed by atoms with Crippen molar-refractivity contribution in [1.29, 1.82) is 0 Å². The van der Waals surface area contributed by atoms with Gasteiger partial charge < -0.3 is 24.7 Å². The lowest BCUT2D eigenvalue weighted by Gasteiger charge is -2.14. The number of pyridine rings is 1. The van der Waals surface area contributed by atoms with Gasteiger partial charge >= 0.3 is 0 Å². The molecule has 1 amide bonds. The number of hydrogen-bond donors (Lipinski definition) is 3. The molecule has 146 valence electrons. The summed E-state index contributed by atoms with van der Waals surface area (Å²) < 4.78 is 7.13. The van der Waals surface area contributed by atoms with Crippen LogP contribution >= 0.6 is 0 Å². The largest absolute Gasteiger partial charge is 0.496 e. The van der Waals surface area contributed by atoms with Crippen LogP contribution in [0.15, 0.2) is 53.6 Å². The lowest BCUT2D eigenvalue weighted by Crippen LogP contribution is -2.26. The van der Waals surface area contributed by atoms with Crippen molar-refractivity contribution < 1.29 is 14.6 Å². The van der Waals surface area contributed by atoms with Gasteiger partial charge in [-0.3, -0.25) is 9.59 Å². The van der Waals surface area contributed by atoms with Crippen LogP contribution in [0.4, 0.5) is 0 Å². The number of ether oxygens (including phenoxy) is 1. The highest BCUT2D eigenvalue weighted by atomic mass is 16.5. The lowest BCUT2D eigenvalue weighted by atomic mass is 10.00. The van der Waals surface area contributed by atoms with Crippen LogP contribution in [-0.4, -0.2) is 40.8 Å². The number of allylic oxidation sites excluding steroid dienone is 2. The second-order valence-electron chi connectivity index (χ2n) is 6.23. The van der Waals surface area contributed by atoms with E-state index in [4.69, 9.17) is 9.84 Å². The molecule has 2 aromatic heterocycles. The van der Waals surface area contributed by atoms with Crippen LogP contribution in [0.5, 0.6) is 5.75 Å². The van der Waals surface area contributed by atoms with Crippen LogP contribution in [0.3, 0.4) is 0 Å². The number of fused-ring (bicyclic) bond motifs is 1. The monoisotopic (exact) mass is 381 g/mol. The summed E-state index contributed by atoms with van der Waals surface area (Å²) in [5, 5.41) is 12.3. The third-order valence-electron chi connectivity index (χ3n) is 4.48. The summed E-state index contributed by atoms with van der Waals surface area (Å²) in [5.74, 6) is 0.308. The Kier molecular flexibility index (Phi) is 5.96. The Balaban J connectivity index is 2.20. The highest BCUT2D eigenvalue weighted by Crippen LogP contribution is 2.34. The second-order valence-corrected chi connectivity index (χ2v) is 6.23. The number of nitrogens with zero attached hydrogens (tertiary/aromatic N) is 1. The molecule has 1 aromatic carbocycles. The number of H-pyrrole nitrogens is 1. The number of carbonyl (C=O) groups excluding carboxylic acids is 1. The van der Waals surface area contributed by atoms with Crippen molar-refractivity contribution >= 4 is 16.8 Å². The van der Waals surface area contributed by atoms with E-state index in [9.17, 15) is 9.59 Å². The first-order valence-corrected chi connectivity index (χ1v) is 8.99. The van der Waals surface area contributed by atoms with Crippen molar-refractivity contribution in [3.05, 3.63) is 64.7 Å². The number of aromatic amines is 1. The highest BCUT2D eigenvalue weighted by molar-refractivity contribution is 6.00. The van der Waals surface area contributed by atoms with Crippen LogP contribution < -0.4 is 15.6 Å². The summed E-state index contributed by atoms with van der Waals surface area (Å²) in [4.78, 5) is 28.0. The maximum Gasteiger partial charge on any atom is 0.275 e. The maximum atomic E-state index is 12.7. The van der Waals surface area contributed by atoms with Crippen LogP contribution in [0.25, 0.3) is 22.0 Å². The first-order valence-electron chi connectivity index (χ1n) is 8.99. The molecule has 0 atom stereocenters. The molecule has 0 saturated carbocycles. The molecule has 0 radical (unpaired) electrons. The van der Waals surface area contributed by atoms with Gasteiger partial charge in [0, 0.05) is 47.6 Å². The van der Waals surface area contributed by atoms with Crippen LogP contribution in [0.2, 0.25) is 0 Å². The Morgan fingerprint density at radius 1 is 1.32 bits per heavy atom. The average molecular weight is 381 g/mol. The number of aromatic nitrogens is 2. The van der Waals surface area contributed by atoms with Gasteiger partial charge in [-0.25, -0.2) is 0 Å². The van der Waals surface area contributed by atoms with Crippen molar-refractivity contribution in [2.24, 2.45) is 0 Å². The molecule has 7 heteroatoms. The van der Waals surface area contributed by atoms with E-state index < -0.39 is 0 Å². The molecule has 0 unspecified atom stereocenters. The Bertz CT molecular complexity index is 1080. The van der Waals surface area contributed by atoms with E-state index >= 15 is 0 Å². The van der Waals surface area contributed by atoms with E-state index in [1.807, 2.05) is 25.1 Å². The van der Waals surface area contributed by atoms with Gasteiger partial charge in [-0.05, 0) is 31.2 Å². The first kappa shape index (κ1) is 19.4. The number of amides is 1. The zero-order valence-electron chi connectivity index (χ0n) is 15.9. The summed E-state index contributed by atoms with van der Waals surface area (Å²) in [7, 11) is 1.56. The summed E-state index contributed by atoms with van der Waals surface area (Å²) >= 11 is 0. The molecule has 0 bridgehead atoms. The smallest absolute Gasteiger partial charge is 0.275 e. The van der Waals surface area contributed by atoms with Gasteiger partial charge in [-0.2, -0.15) is 0 Å². The number of rotatable bonds is 7. The van der Waals surface area contributed by atoms with Gasteiger partial charge in [-0.15, -0.1) is 0 Å². The standard InChI is InChI=1S/C21H23N3O4/c1-3-4-10-24-13-17(15-7-8-22-19(15)21(24)27)16-12-14(5-6-18(16)28-2)20(26)23-9-11-25/h3-8,12-13,22,25H,9-11H2,1-2H3,(H,23,26)/b4-3+. The number of aliphatic hydroxyl groups is 1. The molecule has 0 fully saturated rings. The van der Waals surface area contributed by atoms with Crippen molar-refractivity contribution in [1.82, 2.24) is 14.9 Å². The number of benzene rings is 1. The predicted octanol–water partition coefficient (Wildman–Crippen LogP) is 2.30. The van der Waals surface area contributed by atoms with Crippen molar-refractivity contribution in [2.75, 3.05) is 20.3 Å². The van der Waals surface area contributed by atoms with Crippen molar-refractivity contribution in [2.45, 2.75) is 13.5 Å². The van der Waals surface area contributed by atoms with Crippen molar-refractivity contribution in [3.63, 3.8) is 0 Å². The Labute approximate surface area is 162 Å². The quantitative estimate of drug-likeness (QED) is 0.547. The molecule has 0 aliphatic carbocycles. The third-order valence-corrected chi connectivity index (χ3v) is 4.48. The average Bonchev–Trinajstić information content (AvgIpc) is 3.21. The zero-order valence-corrected chi connectivity index (χ0v) is 15.9. The molecule has 3 N–H and O–H groups in total. The molecule has 28 heavy (non-hydrogen) atoms. The SMILES string of the molecule is C/C=C/Cn1cc(-c2cc(C(=O)NCCO)ccc2OC)c2cc[nH]c2c1=O. The molecule has 7 nitrogen and oxygen atoms in total. The fourth-order valence-electron chi connectivity index (χ4n) is 3.10. The molecule has 0 aliphatic rings. The number of carbonyl (C=O) groups is 1. The summed E-state index contributed by atoms with van der Waals surface area (Å²) in [6.07, 6.45) is 7.29. The molecule has 3 aromatic rings.